The number of hydrogen-bond acceptors (Lipinski definition) is 6. The number of carbonyl (C=O) groups is 1. The van der Waals surface area contributed by atoms with Gasteiger partial charge in [0.05, 0.1) is 17.8 Å². The van der Waals surface area contributed by atoms with E-state index in [0.717, 1.165) is 33.0 Å². The van der Waals surface area contributed by atoms with Crippen LogP contribution in [-0.2, 0) is 10.4 Å². The molecule has 4 heterocycles. The van der Waals surface area contributed by atoms with Gasteiger partial charge in [0.25, 0.3) is 5.91 Å². The van der Waals surface area contributed by atoms with Crippen LogP contribution in [0.15, 0.2) is 48.2 Å². The summed E-state index contributed by atoms with van der Waals surface area (Å²) < 4.78 is 0. The third-order valence-corrected chi connectivity index (χ3v) is 5.72. The SMILES string of the molecule is CN1C[C@](O)(c2cccc(-c3csc(-c4c[nH]c5nccnc45)n3)c2)C1=O. The summed E-state index contributed by atoms with van der Waals surface area (Å²) in [5.74, 6) is -0.281. The number of nitrogens with one attached hydrogen (secondary N) is 1. The summed E-state index contributed by atoms with van der Waals surface area (Å²) in [7, 11) is 1.68. The molecule has 4 aromatic rings. The van der Waals surface area contributed by atoms with Crippen LogP contribution in [0.2, 0.25) is 0 Å². The van der Waals surface area contributed by atoms with Crippen molar-refractivity contribution in [3.8, 4) is 21.8 Å². The van der Waals surface area contributed by atoms with Gasteiger partial charge in [-0.2, -0.15) is 0 Å². The molecule has 8 heteroatoms. The number of carbonyl (C=O) groups excluding carboxylic acids is 1. The molecule has 1 amide bonds. The van der Waals surface area contributed by atoms with E-state index in [-0.39, 0.29) is 5.91 Å². The average molecular weight is 377 g/mol. The van der Waals surface area contributed by atoms with Crippen LogP contribution in [0.5, 0.6) is 0 Å². The van der Waals surface area contributed by atoms with Crippen molar-refractivity contribution in [2.45, 2.75) is 5.60 Å². The lowest BCUT2D eigenvalue weighted by Gasteiger charge is -2.43. The van der Waals surface area contributed by atoms with E-state index in [0.29, 0.717) is 12.1 Å². The van der Waals surface area contributed by atoms with Crippen LogP contribution in [0, 0.1) is 0 Å². The Kier molecular flexibility index (Phi) is 3.40. The Morgan fingerprint density at radius 2 is 2.15 bits per heavy atom. The molecule has 0 unspecified atom stereocenters. The predicted molar refractivity (Wildman–Crippen MR) is 102 cm³/mol. The number of benzene rings is 1. The van der Waals surface area contributed by atoms with Crippen molar-refractivity contribution in [2.24, 2.45) is 0 Å². The average Bonchev–Trinajstić information content (AvgIpc) is 3.34. The summed E-state index contributed by atoms with van der Waals surface area (Å²) in [5.41, 5.74) is 3.22. The number of likely N-dealkylation sites (tertiary alicyclic amines) is 1. The van der Waals surface area contributed by atoms with E-state index in [1.54, 1.807) is 25.5 Å². The molecule has 1 aliphatic heterocycles. The van der Waals surface area contributed by atoms with Gasteiger partial charge in [0.15, 0.2) is 11.2 Å². The first-order chi connectivity index (χ1) is 13.1. The number of aromatic amines is 1. The third-order valence-electron chi connectivity index (χ3n) is 4.84. The summed E-state index contributed by atoms with van der Waals surface area (Å²) in [6.45, 7) is 0.297. The monoisotopic (exact) mass is 377 g/mol. The Morgan fingerprint density at radius 1 is 1.30 bits per heavy atom. The fraction of sp³-hybridized carbons (Fsp3) is 0.158. The first-order valence-corrected chi connectivity index (χ1v) is 9.27. The van der Waals surface area contributed by atoms with Crippen LogP contribution in [0.4, 0.5) is 0 Å². The molecule has 0 radical (unpaired) electrons. The molecule has 0 spiro atoms. The highest BCUT2D eigenvalue weighted by molar-refractivity contribution is 7.13. The van der Waals surface area contributed by atoms with Gasteiger partial charge < -0.3 is 15.0 Å². The second kappa shape index (κ2) is 5.70. The lowest BCUT2D eigenvalue weighted by Crippen LogP contribution is -2.62. The van der Waals surface area contributed by atoms with Crippen LogP contribution in [0.1, 0.15) is 5.56 Å². The van der Waals surface area contributed by atoms with Crippen LogP contribution in [-0.4, -0.2) is 49.4 Å². The number of hydrogen-bond donors (Lipinski definition) is 2. The highest BCUT2D eigenvalue weighted by atomic mass is 32.1. The van der Waals surface area contributed by atoms with Gasteiger partial charge in [-0.15, -0.1) is 11.3 Å². The number of thiazole rings is 1. The zero-order chi connectivity index (χ0) is 18.6. The maximum absolute atomic E-state index is 12.1. The van der Waals surface area contributed by atoms with Crippen molar-refractivity contribution < 1.29 is 9.90 Å². The normalized spacial score (nSPS) is 19.5. The molecule has 0 bridgehead atoms. The highest BCUT2D eigenvalue weighted by Crippen LogP contribution is 2.36. The minimum atomic E-state index is -1.43. The topological polar surface area (TPSA) is 95.0 Å². The number of aliphatic hydroxyl groups is 1. The molecule has 0 saturated carbocycles. The maximum atomic E-state index is 12.1. The Balaban J connectivity index is 1.52. The van der Waals surface area contributed by atoms with Crippen LogP contribution >= 0.6 is 11.3 Å². The number of fused-ring (bicyclic) bond motifs is 1. The van der Waals surface area contributed by atoms with Gasteiger partial charge in [0.1, 0.15) is 10.5 Å². The zero-order valence-corrected chi connectivity index (χ0v) is 15.2. The van der Waals surface area contributed by atoms with Crippen molar-refractivity contribution >= 4 is 28.4 Å². The number of rotatable bonds is 3. The Labute approximate surface area is 158 Å². The second-order valence-electron chi connectivity index (χ2n) is 6.60. The van der Waals surface area contributed by atoms with Crippen LogP contribution in [0.25, 0.3) is 33.0 Å². The number of likely N-dealkylation sites (N-methyl/N-ethyl adjacent to an activating group) is 1. The Bertz CT molecular complexity index is 1180. The predicted octanol–water partition coefficient (Wildman–Crippen LogP) is 2.41. The van der Waals surface area contributed by atoms with E-state index in [1.165, 1.54) is 16.2 Å². The number of β-amino-alcohol motifs (C(OH)–C–C–N with tert-alkyl or cyclic N) is 1. The third kappa shape index (κ3) is 2.37. The van der Waals surface area contributed by atoms with Crippen molar-refractivity contribution in [3.05, 3.63) is 53.8 Å². The van der Waals surface area contributed by atoms with Crippen molar-refractivity contribution in [1.29, 1.82) is 0 Å². The molecule has 27 heavy (non-hydrogen) atoms. The number of nitrogens with zero attached hydrogens (tertiary/aromatic N) is 4. The van der Waals surface area contributed by atoms with Gasteiger partial charge in [-0.05, 0) is 11.6 Å². The van der Waals surface area contributed by atoms with Crippen molar-refractivity contribution in [2.75, 3.05) is 13.6 Å². The minimum Gasteiger partial charge on any atom is -0.374 e. The smallest absolute Gasteiger partial charge is 0.260 e. The van der Waals surface area contributed by atoms with Crippen molar-refractivity contribution in [1.82, 2.24) is 24.8 Å². The summed E-state index contributed by atoms with van der Waals surface area (Å²) in [5, 5.41) is 13.4. The van der Waals surface area contributed by atoms with Gasteiger partial charge in [-0.3, -0.25) is 9.78 Å². The number of β-lactam (4-membered cyclic amide) rings is 1. The van der Waals surface area contributed by atoms with Crippen LogP contribution in [0.3, 0.4) is 0 Å². The lowest BCUT2D eigenvalue weighted by molar-refractivity contribution is -0.174. The van der Waals surface area contributed by atoms with Crippen molar-refractivity contribution in [3.63, 3.8) is 0 Å². The molecule has 5 rings (SSSR count). The molecule has 0 aliphatic carbocycles. The minimum absolute atomic E-state index is 0.281. The highest BCUT2D eigenvalue weighted by Gasteiger charge is 2.50. The summed E-state index contributed by atoms with van der Waals surface area (Å²) >= 11 is 1.51. The Hall–Kier alpha value is -3.10. The van der Waals surface area contributed by atoms with Gasteiger partial charge in [-0.1, -0.05) is 18.2 Å². The number of aromatic nitrogens is 4. The second-order valence-corrected chi connectivity index (χ2v) is 7.45. The Morgan fingerprint density at radius 3 is 2.96 bits per heavy atom. The summed E-state index contributed by atoms with van der Waals surface area (Å²) in [4.78, 5) is 30.0. The van der Waals surface area contributed by atoms with E-state index in [2.05, 4.69) is 15.0 Å². The van der Waals surface area contributed by atoms with Gasteiger partial charge in [0.2, 0.25) is 0 Å². The molecule has 7 nitrogen and oxygen atoms in total. The molecule has 1 atom stereocenters. The number of H-pyrrole nitrogens is 1. The molecule has 1 aliphatic rings. The molecular formula is C19H15N5O2S. The molecule has 1 fully saturated rings. The fourth-order valence-electron chi connectivity index (χ4n) is 3.40. The summed E-state index contributed by atoms with van der Waals surface area (Å²) in [6.07, 6.45) is 5.16. The first kappa shape index (κ1) is 16.1. The van der Waals surface area contributed by atoms with E-state index >= 15 is 0 Å². The van der Waals surface area contributed by atoms with E-state index in [4.69, 9.17) is 4.98 Å². The standard InChI is InChI=1S/C19H15N5O2S/c1-24-10-19(26,18(24)25)12-4-2-3-11(7-12)14-9-27-17(23-14)13-8-22-16-15(13)20-5-6-21-16/h2-9,26H,10H2,1H3,(H,21,22)/t19-/m0/s1. The first-order valence-electron chi connectivity index (χ1n) is 8.39. The fourth-order valence-corrected chi connectivity index (χ4v) is 4.25. The largest absolute Gasteiger partial charge is 0.374 e. The molecular weight excluding hydrogens is 362 g/mol. The summed E-state index contributed by atoms with van der Waals surface area (Å²) in [6, 6.07) is 7.37. The quantitative estimate of drug-likeness (QED) is 0.535. The van der Waals surface area contributed by atoms with Crippen LogP contribution < -0.4 is 0 Å². The molecule has 2 N–H and O–H groups in total. The van der Waals surface area contributed by atoms with E-state index in [1.807, 2.05) is 29.8 Å². The van der Waals surface area contributed by atoms with Gasteiger partial charge in [0, 0.05) is 36.6 Å². The lowest BCUT2D eigenvalue weighted by atomic mass is 9.84. The van der Waals surface area contributed by atoms with E-state index in [9.17, 15) is 9.90 Å². The zero-order valence-electron chi connectivity index (χ0n) is 14.4. The number of amides is 1. The molecule has 1 aromatic carbocycles. The van der Waals surface area contributed by atoms with Gasteiger partial charge in [-0.25, -0.2) is 9.97 Å². The molecule has 134 valence electrons. The van der Waals surface area contributed by atoms with E-state index < -0.39 is 5.60 Å². The molecule has 3 aromatic heterocycles. The molecule has 1 saturated heterocycles. The van der Waals surface area contributed by atoms with Gasteiger partial charge >= 0.3 is 0 Å². The maximum Gasteiger partial charge on any atom is 0.260 e.